The summed E-state index contributed by atoms with van der Waals surface area (Å²) in [5.74, 6) is -2.68. The third-order valence-corrected chi connectivity index (χ3v) is 5.80. The van der Waals surface area contributed by atoms with Crippen LogP contribution in [0, 0.1) is 17.0 Å². The number of benzene rings is 2. The molecule has 31 heavy (non-hydrogen) atoms. The molecule has 1 amide bonds. The van der Waals surface area contributed by atoms with Crippen LogP contribution in [-0.2, 0) is 9.59 Å². The highest BCUT2D eigenvalue weighted by atomic mass is 19.1. The number of carbonyl (C=O) groups excluding carboxylic acids is 2. The van der Waals surface area contributed by atoms with Crippen molar-refractivity contribution in [1.82, 2.24) is 5.32 Å². The summed E-state index contributed by atoms with van der Waals surface area (Å²) in [6, 6.07) is 12.3. The van der Waals surface area contributed by atoms with Crippen molar-refractivity contribution in [2.75, 3.05) is 5.32 Å². The molecule has 2 aliphatic rings. The van der Waals surface area contributed by atoms with Gasteiger partial charge in [0.05, 0.1) is 5.69 Å². The lowest BCUT2D eigenvalue weighted by Gasteiger charge is -2.39. The molecule has 6 heteroatoms. The molecule has 0 fully saturated rings. The molecule has 0 saturated carbocycles. The van der Waals surface area contributed by atoms with Crippen LogP contribution < -0.4 is 10.6 Å². The Balaban J connectivity index is 1.79. The lowest BCUT2D eigenvalue weighted by Crippen LogP contribution is -2.39. The van der Waals surface area contributed by atoms with E-state index in [1.54, 1.807) is 6.92 Å². The van der Waals surface area contributed by atoms with Gasteiger partial charge in [-0.3, -0.25) is 9.59 Å². The van der Waals surface area contributed by atoms with E-state index in [-0.39, 0.29) is 16.9 Å². The summed E-state index contributed by atoms with van der Waals surface area (Å²) in [6.45, 7) is 5.88. The van der Waals surface area contributed by atoms with Gasteiger partial charge < -0.3 is 10.6 Å². The smallest absolute Gasteiger partial charge is 0.254 e. The average molecular weight is 422 g/mol. The molecule has 4 rings (SSSR count). The van der Waals surface area contributed by atoms with Gasteiger partial charge in [0.15, 0.2) is 5.78 Å². The van der Waals surface area contributed by atoms with Crippen LogP contribution in [0.4, 0.5) is 14.5 Å². The molecular formula is C25H24F2N2O2. The second-order valence-electron chi connectivity index (χ2n) is 8.92. The first-order chi connectivity index (χ1) is 14.7. The Morgan fingerprint density at radius 2 is 1.81 bits per heavy atom. The standard InChI is InChI=1S/C25H24F2N2O2/c1-14-21(24(31)29-18-10-9-16(26)11-17(18)27)22(15-7-5-4-6-8-15)23-19(28-14)12-25(2,3)13-20(23)30/h4-11,22,28H,12-13H2,1-3H3,(H,29,31)/t22-/m1/s1. The summed E-state index contributed by atoms with van der Waals surface area (Å²) in [5.41, 5.74) is 2.89. The number of dihydropyridines is 1. The highest BCUT2D eigenvalue weighted by Gasteiger charge is 2.42. The molecule has 1 atom stereocenters. The molecule has 2 aromatic rings. The van der Waals surface area contributed by atoms with E-state index in [0.717, 1.165) is 23.4 Å². The van der Waals surface area contributed by atoms with Crippen LogP contribution in [0.3, 0.4) is 0 Å². The first-order valence-electron chi connectivity index (χ1n) is 10.2. The Bertz CT molecular complexity index is 1130. The summed E-state index contributed by atoms with van der Waals surface area (Å²) in [4.78, 5) is 26.5. The van der Waals surface area contributed by atoms with E-state index in [4.69, 9.17) is 0 Å². The van der Waals surface area contributed by atoms with Gasteiger partial charge in [-0.05, 0) is 36.5 Å². The fourth-order valence-electron chi connectivity index (χ4n) is 4.50. The largest absolute Gasteiger partial charge is 0.362 e. The van der Waals surface area contributed by atoms with Crippen LogP contribution in [0.15, 0.2) is 71.1 Å². The van der Waals surface area contributed by atoms with Gasteiger partial charge in [0.1, 0.15) is 11.6 Å². The van der Waals surface area contributed by atoms with Crippen molar-refractivity contribution in [1.29, 1.82) is 0 Å². The number of hydrogen-bond donors (Lipinski definition) is 2. The maximum Gasteiger partial charge on any atom is 0.254 e. The zero-order valence-corrected chi connectivity index (χ0v) is 17.7. The van der Waals surface area contributed by atoms with Crippen molar-refractivity contribution < 1.29 is 18.4 Å². The van der Waals surface area contributed by atoms with E-state index < -0.39 is 23.5 Å². The van der Waals surface area contributed by atoms with Crippen LogP contribution in [-0.4, -0.2) is 11.7 Å². The lowest BCUT2D eigenvalue weighted by molar-refractivity contribution is -0.118. The minimum atomic E-state index is -0.859. The number of carbonyl (C=O) groups is 2. The molecule has 0 aromatic heterocycles. The van der Waals surface area contributed by atoms with Crippen LogP contribution in [0.25, 0.3) is 0 Å². The van der Waals surface area contributed by atoms with Crippen molar-refractivity contribution >= 4 is 17.4 Å². The minimum absolute atomic E-state index is 0.00151. The quantitative estimate of drug-likeness (QED) is 0.714. The van der Waals surface area contributed by atoms with Crippen LogP contribution in [0.5, 0.6) is 0 Å². The summed E-state index contributed by atoms with van der Waals surface area (Å²) in [6.07, 6.45) is 1.08. The first-order valence-corrected chi connectivity index (χ1v) is 10.2. The second-order valence-corrected chi connectivity index (χ2v) is 8.92. The maximum absolute atomic E-state index is 14.2. The lowest BCUT2D eigenvalue weighted by atomic mass is 9.68. The Kier molecular flexibility index (Phi) is 5.25. The predicted octanol–water partition coefficient (Wildman–Crippen LogP) is 5.21. The van der Waals surface area contributed by atoms with Gasteiger partial charge >= 0.3 is 0 Å². The number of ketones is 1. The molecule has 1 heterocycles. The monoisotopic (exact) mass is 422 g/mol. The molecule has 1 aliphatic carbocycles. The molecule has 0 unspecified atom stereocenters. The second kappa shape index (κ2) is 7.76. The van der Waals surface area contributed by atoms with E-state index in [1.807, 2.05) is 44.2 Å². The van der Waals surface area contributed by atoms with Crippen LogP contribution >= 0.6 is 0 Å². The van der Waals surface area contributed by atoms with Gasteiger partial charge in [-0.1, -0.05) is 44.2 Å². The van der Waals surface area contributed by atoms with Crippen LogP contribution in [0.1, 0.15) is 45.1 Å². The zero-order chi connectivity index (χ0) is 22.3. The fourth-order valence-corrected chi connectivity index (χ4v) is 4.50. The molecule has 4 nitrogen and oxygen atoms in total. The Labute approximate surface area is 180 Å². The van der Waals surface area contributed by atoms with E-state index in [9.17, 15) is 18.4 Å². The third kappa shape index (κ3) is 4.02. The highest BCUT2D eigenvalue weighted by molar-refractivity contribution is 6.10. The van der Waals surface area contributed by atoms with Gasteiger partial charge in [-0.25, -0.2) is 8.78 Å². The first kappa shape index (κ1) is 21.0. The molecule has 0 saturated heterocycles. The van der Waals surface area contributed by atoms with E-state index in [0.29, 0.717) is 29.7 Å². The van der Waals surface area contributed by atoms with Gasteiger partial charge in [0.2, 0.25) is 0 Å². The van der Waals surface area contributed by atoms with Gasteiger partial charge in [-0.2, -0.15) is 0 Å². The summed E-state index contributed by atoms with van der Waals surface area (Å²) in [5, 5.41) is 5.82. The molecular weight excluding hydrogens is 398 g/mol. The number of nitrogens with one attached hydrogen (secondary N) is 2. The topological polar surface area (TPSA) is 58.2 Å². The summed E-state index contributed by atoms with van der Waals surface area (Å²) < 4.78 is 27.4. The van der Waals surface area contributed by atoms with Crippen molar-refractivity contribution in [2.45, 2.75) is 39.5 Å². The van der Waals surface area contributed by atoms with E-state index in [2.05, 4.69) is 10.6 Å². The average Bonchev–Trinajstić information content (AvgIpc) is 2.68. The molecule has 0 spiro atoms. The number of hydrogen-bond acceptors (Lipinski definition) is 3. The molecule has 160 valence electrons. The molecule has 0 bridgehead atoms. The Morgan fingerprint density at radius 1 is 1.10 bits per heavy atom. The van der Waals surface area contributed by atoms with Gasteiger partial charge in [0, 0.05) is 40.9 Å². The molecule has 0 radical (unpaired) electrons. The highest BCUT2D eigenvalue weighted by Crippen LogP contribution is 2.46. The zero-order valence-electron chi connectivity index (χ0n) is 17.7. The third-order valence-electron chi connectivity index (χ3n) is 5.80. The number of Topliss-reactive ketones (excluding diaryl/α,β-unsaturated/α-hetero) is 1. The van der Waals surface area contributed by atoms with Crippen molar-refractivity contribution in [3.63, 3.8) is 0 Å². The normalized spacial score (nSPS) is 20.3. The minimum Gasteiger partial charge on any atom is -0.362 e. The van der Waals surface area contributed by atoms with Crippen LogP contribution in [0.2, 0.25) is 0 Å². The summed E-state index contributed by atoms with van der Waals surface area (Å²) in [7, 11) is 0. The van der Waals surface area contributed by atoms with Gasteiger partial charge in [-0.15, -0.1) is 0 Å². The van der Waals surface area contributed by atoms with E-state index in [1.165, 1.54) is 6.07 Å². The maximum atomic E-state index is 14.2. The molecule has 2 N–H and O–H groups in total. The van der Waals surface area contributed by atoms with Crippen molar-refractivity contribution in [2.24, 2.45) is 5.41 Å². The van der Waals surface area contributed by atoms with Gasteiger partial charge in [0.25, 0.3) is 5.91 Å². The number of allylic oxidation sites excluding steroid dienone is 3. The Hall–Kier alpha value is -3.28. The number of amides is 1. The number of rotatable bonds is 3. The SMILES string of the molecule is CC1=C(C(=O)Nc2ccc(F)cc2F)[C@@H](c2ccccc2)C2=C(CC(C)(C)CC2=O)N1. The van der Waals surface area contributed by atoms with Crippen molar-refractivity contribution in [3.05, 3.63) is 88.3 Å². The Morgan fingerprint density at radius 3 is 2.48 bits per heavy atom. The predicted molar refractivity (Wildman–Crippen MR) is 115 cm³/mol. The fraction of sp³-hybridized carbons (Fsp3) is 0.280. The van der Waals surface area contributed by atoms with Crippen molar-refractivity contribution in [3.8, 4) is 0 Å². The molecule has 1 aliphatic heterocycles. The summed E-state index contributed by atoms with van der Waals surface area (Å²) >= 11 is 0. The number of anilines is 1. The number of halogens is 2. The molecule has 2 aromatic carbocycles. The van der Waals surface area contributed by atoms with E-state index >= 15 is 0 Å².